The number of hydrogen-bond acceptors (Lipinski definition) is 4. The normalized spacial score (nSPS) is 9.71. The predicted molar refractivity (Wildman–Crippen MR) is 62.1 cm³/mol. The molecule has 0 spiro atoms. The summed E-state index contributed by atoms with van der Waals surface area (Å²) >= 11 is 0. The molecule has 1 heterocycles. The van der Waals surface area contributed by atoms with Gasteiger partial charge in [0.2, 0.25) is 0 Å². The molecule has 4 nitrogen and oxygen atoms in total. The van der Waals surface area contributed by atoms with Crippen molar-refractivity contribution in [2.24, 2.45) is 0 Å². The zero-order chi connectivity index (χ0) is 12.1. The fourth-order valence-electron chi connectivity index (χ4n) is 1.33. The summed E-state index contributed by atoms with van der Waals surface area (Å²) in [4.78, 5) is 15.2. The lowest BCUT2D eigenvalue weighted by Gasteiger charge is -2.05. The zero-order valence-electron chi connectivity index (χ0n) is 9.29. The van der Waals surface area contributed by atoms with E-state index in [0.717, 1.165) is 0 Å². The van der Waals surface area contributed by atoms with Crippen LogP contribution in [0, 0.1) is 0 Å². The Morgan fingerprint density at radius 3 is 2.59 bits per heavy atom. The number of carbonyl (C=O) groups is 1. The van der Waals surface area contributed by atoms with Crippen molar-refractivity contribution in [3.05, 3.63) is 54.4 Å². The highest BCUT2D eigenvalue weighted by Gasteiger charge is 2.07. The molecule has 4 heteroatoms. The number of esters is 1. The largest absolute Gasteiger partial charge is 0.465 e. The third-order valence-electron chi connectivity index (χ3n) is 2.11. The Bertz CT molecular complexity index is 511. The molecule has 0 aliphatic heterocycles. The Balaban J connectivity index is 2.20. The summed E-state index contributed by atoms with van der Waals surface area (Å²) in [6.45, 7) is 0. The lowest BCUT2D eigenvalue weighted by Crippen LogP contribution is -2.01. The third kappa shape index (κ3) is 2.81. The average Bonchev–Trinajstić information content (AvgIpc) is 2.39. The molecule has 0 aliphatic carbocycles. The molecular weight excluding hydrogens is 218 g/mol. The van der Waals surface area contributed by atoms with Crippen molar-refractivity contribution in [2.75, 3.05) is 7.11 Å². The van der Waals surface area contributed by atoms with Gasteiger partial charge in [-0.2, -0.15) is 0 Å². The Morgan fingerprint density at radius 2 is 1.88 bits per heavy atom. The van der Waals surface area contributed by atoms with Gasteiger partial charge in [-0.1, -0.05) is 18.2 Å². The van der Waals surface area contributed by atoms with Crippen LogP contribution >= 0.6 is 0 Å². The van der Waals surface area contributed by atoms with Gasteiger partial charge in [-0.25, -0.2) is 4.79 Å². The third-order valence-corrected chi connectivity index (χ3v) is 2.11. The monoisotopic (exact) mass is 229 g/mol. The number of carbonyl (C=O) groups excluding carboxylic acids is 1. The van der Waals surface area contributed by atoms with Gasteiger partial charge >= 0.3 is 5.97 Å². The molecule has 0 unspecified atom stereocenters. The lowest BCUT2D eigenvalue weighted by molar-refractivity contribution is 0.0600. The first-order chi connectivity index (χ1) is 8.29. The quantitative estimate of drug-likeness (QED) is 0.759. The summed E-state index contributed by atoms with van der Waals surface area (Å²) in [5.41, 5.74) is 0.362. The summed E-state index contributed by atoms with van der Waals surface area (Å²) < 4.78 is 10.2. The number of benzene rings is 1. The van der Waals surface area contributed by atoms with Crippen molar-refractivity contribution in [3.8, 4) is 11.5 Å². The minimum absolute atomic E-state index is 0.362. The Kier molecular flexibility index (Phi) is 3.35. The van der Waals surface area contributed by atoms with Crippen LogP contribution in [0.15, 0.2) is 48.8 Å². The van der Waals surface area contributed by atoms with Gasteiger partial charge in [0.05, 0.1) is 18.9 Å². The van der Waals surface area contributed by atoms with Crippen LogP contribution in [0.5, 0.6) is 11.5 Å². The van der Waals surface area contributed by atoms with E-state index in [1.807, 2.05) is 30.3 Å². The van der Waals surface area contributed by atoms with Crippen LogP contribution in [0.1, 0.15) is 10.4 Å². The van der Waals surface area contributed by atoms with Crippen molar-refractivity contribution in [1.82, 2.24) is 4.98 Å². The first-order valence-electron chi connectivity index (χ1n) is 5.06. The van der Waals surface area contributed by atoms with E-state index in [0.29, 0.717) is 17.1 Å². The number of hydrogen-bond donors (Lipinski definition) is 0. The molecule has 0 N–H and O–H groups in total. The van der Waals surface area contributed by atoms with Crippen LogP contribution in [0.3, 0.4) is 0 Å². The smallest absolute Gasteiger partial charge is 0.339 e. The first kappa shape index (κ1) is 11.1. The molecule has 0 fully saturated rings. The molecule has 0 saturated carbocycles. The highest BCUT2D eigenvalue weighted by Crippen LogP contribution is 2.20. The number of aromatic nitrogens is 1. The molecule has 0 bridgehead atoms. The second-order valence-corrected chi connectivity index (χ2v) is 3.32. The van der Waals surface area contributed by atoms with Crippen LogP contribution < -0.4 is 4.74 Å². The van der Waals surface area contributed by atoms with Crippen LogP contribution in [0.2, 0.25) is 0 Å². The van der Waals surface area contributed by atoms with Crippen molar-refractivity contribution in [3.63, 3.8) is 0 Å². The van der Waals surface area contributed by atoms with Gasteiger partial charge in [0.25, 0.3) is 0 Å². The highest BCUT2D eigenvalue weighted by molar-refractivity contribution is 5.89. The predicted octanol–water partition coefficient (Wildman–Crippen LogP) is 2.66. The maximum atomic E-state index is 11.3. The second kappa shape index (κ2) is 5.12. The number of ether oxygens (including phenoxy) is 2. The molecule has 1 aromatic carbocycles. The van der Waals surface area contributed by atoms with E-state index in [4.69, 9.17) is 4.74 Å². The van der Waals surface area contributed by atoms with E-state index in [9.17, 15) is 4.79 Å². The summed E-state index contributed by atoms with van der Waals surface area (Å²) in [7, 11) is 1.33. The van der Waals surface area contributed by atoms with Crippen LogP contribution in [-0.2, 0) is 4.74 Å². The molecule has 0 amide bonds. The van der Waals surface area contributed by atoms with Gasteiger partial charge in [0.1, 0.15) is 11.5 Å². The molecule has 86 valence electrons. The fraction of sp³-hybridized carbons (Fsp3) is 0.0769. The number of pyridine rings is 1. The van der Waals surface area contributed by atoms with Gasteiger partial charge in [0, 0.05) is 6.20 Å². The topological polar surface area (TPSA) is 48.4 Å². The van der Waals surface area contributed by atoms with Crippen molar-refractivity contribution in [2.45, 2.75) is 0 Å². The van der Waals surface area contributed by atoms with E-state index in [1.54, 1.807) is 12.3 Å². The summed E-state index contributed by atoms with van der Waals surface area (Å²) in [5, 5.41) is 0. The fourth-order valence-corrected chi connectivity index (χ4v) is 1.33. The number of nitrogens with zero attached hydrogens (tertiary/aromatic N) is 1. The summed E-state index contributed by atoms with van der Waals surface area (Å²) in [6, 6.07) is 10.9. The summed E-state index contributed by atoms with van der Waals surface area (Å²) in [5.74, 6) is 0.756. The van der Waals surface area contributed by atoms with Gasteiger partial charge < -0.3 is 9.47 Å². The number of rotatable bonds is 3. The van der Waals surface area contributed by atoms with Crippen molar-refractivity contribution >= 4 is 5.97 Å². The second-order valence-electron chi connectivity index (χ2n) is 3.32. The van der Waals surface area contributed by atoms with E-state index in [2.05, 4.69) is 9.72 Å². The highest BCUT2D eigenvalue weighted by atomic mass is 16.5. The molecule has 2 aromatic rings. The van der Waals surface area contributed by atoms with Crippen molar-refractivity contribution in [1.29, 1.82) is 0 Å². The minimum Gasteiger partial charge on any atom is -0.465 e. The molecular formula is C13H11NO3. The zero-order valence-corrected chi connectivity index (χ0v) is 9.29. The average molecular weight is 229 g/mol. The van der Waals surface area contributed by atoms with Crippen LogP contribution in [-0.4, -0.2) is 18.1 Å². The minimum atomic E-state index is -0.434. The molecule has 17 heavy (non-hydrogen) atoms. The Hall–Kier alpha value is -2.36. The van der Waals surface area contributed by atoms with E-state index in [-0.39, 0.29) is 0 Å². The van der Waals surface area contributed by atoms with E-state index < -0.39 is 5.97 Å². The van der Waals surface area contributed by atoms with Crippen LogP contribution in [0.25, 0.3) is 0 Å². The van der Waals surface area contributed by atoms with Gasteiger partial charge in [-0.3, -0.25) is 4.98 Å². The van der Waals surface area contributed by atoms with E-state index in [1.165, 1.54) is 13.3 Å². The molecule has 0 atom stereocenters. The maximum Gasteiger partial charge on any atom is 0.339 e. The van der Waals surface area contributed by atoms with Gasteiger partial charge in [-0.15, -0.1) is 0 Å². The molecule has 0 aliphatic rings. The first-order valence-corrected chi connectivity index (χ1v) is 5.06. The molecule has 2 rings (SSSR count). The lowest BCUT2D eigenvalue weighted by atomic mass is 10.3. The number of para-hydroxylation sites is 1. The molecule has 1 aromatic heterocycles. The number of methoxy groups -OCH3 is 1. The molecule has 0 radical (unpaired) electrons. The Morgan fingerprint density at radius 1 is 1.12 bits per heavy atom. The van der Waals surface area contributed by atoms with Gasteiger partial charge in [-0.05, 0) is 18.2 Å². The van der Waals surface area contributed by atoms with E-state index >= 15 is 0 Å². The molecule has 0 saturated heterocycles. The Labute approximate surface area is 98.8 Å². The standard InChI is InChI=1S/C13H11NO3/c1-16-13(15)10-7-12(9-14-8-10)17-11-5-3-2-4-6-11/h2-9H,1H3. The SMILES string of the molecule is COC(=O)c1cncc(Oc2ccccc2)c1. The van der Waals surface area contributed by atoms with Crippen LogP contribution in [0.4, 0.5) is 0 Å². The maximum absolute atomic E-state index is 11.3. The van der Waals surface area contributed by atoms with Gasteiger partial charge in [0.15, 0.2) is 0 Å². The summed E-state index contributed by atoms with van der Waals surface area (Å²) in [6.07, 6.45) is 2.98. The van der Waals surface area contributed by atoms with Crippen molar-refractivity contribution < 1.29 is 14.3 Å².